The minimum atomic E-state index is -0.710. The van der Waals surface area contributed by atoms with E-state index < -0.39 is 5.91 Å². The van der Waals surface area contributed by atoms with Gasteiger partial charge in [-0.2, -0.15) is 0 Å². The molecule has 0 fully saturated rings. The van der Waals surface area contributed by atoms with Gasteiger partial charge in [0.15, 0.2) is 5.76 Å². The molecular weight excluding hydrogens is 230 g/mol. The first-order valence-electron chi connectivity index (χ1n) is 5.30. The molecule has 2 aromatic carbocycles. The van der Waals surface area contributed by atoms with Crippen molar-refractivity contribution in [2.75, 3.05) is 0 Å². The summed E-state index contributed by atoms with van der Waals surface area (Å²) in [5.41, 5.74) is 8.84. The minimum Gasteiger partial charge on any atom is -0.453 e. The number of amides is 1. The zero-order valence-corrected chi connectivity index (χ0v) is 9.20. The van der Waals surface area contributed by atoms with Gasteiger partial charge in [-0.25, -0.2) is 0 Å². The topological polar surface area (TPSA) is 79.0 Å². The van der Waals surface area contributed by atoms with Gasteiger partial charge in [-0.1, -0.05) is 30.3 Å². The summed E-state index contributed by atoms with van der Waals surface area (Å²) in [6, 6.07) is 13.1. The van der Waals surface area contributed by atoms with Crippen LogP contribution in [-0.4, -0.2) is 5.91 Å². The Kier molecular flexibility index (Phi) is 2.25. The molecule has 0 bridgehead atoms. The fraction of sp³-hybridized carbons (Fsp3) is 0. The molecule has 5 nitrogen and oxygen atoms in total. The summed E-state index contributed by atoms with van der Waals surface area (Å²) >= 11 is 0. The predicted octanol–water partition coefficient (Wildman–Crippen LogP) is 4.04. The molecule has 0 N–H and O–H groups in total. The number of fused-ring (bicyclic) bond motifs is 3. The van der Waals surface area contributed by atoms with Crippen molar-refractivity contribution in [3.05, 3.63) is 58.7 Å². The van der Waals surface area contributed by atoms with Crippen molar-refractivity contribution in [1.29, 1.82) is 0 Å². The lowest BCUT2D eigenvalue weighted by atomic mass is 10.1. The van der Waals surface area contributed by atoms with Gasteiger partial charge in [-0.15, -0.1) is 0 Å². The Morgan fingerprint density at radius 1 is 1.17 bits per heavy atom. The molecule has 0 spiro atoms. The van der Waals surface area contributed by atoms with E-state index in [-0.39, 0.29) is 5.76 Å². The molecule has 5 heteroatoms. The molecule has 0 saturated carbocycles. The minimum absolute atomic E-state index is 0.0548. The number of rotatable bonds is 1. The molecular formula is C13H7N3O2. The van der Waals surface area contributed by atoms with Crippen LogP contribution in [0.2, 0.25) is 0 Å². The molecule has 0 atom stereocenters. The monoisotopic (exact) mass is 237 g/mol. The molecule has 0 aliphatic rings. The van der Waals surface area contributed by atoms with E-state index in [0.29, 0.717) is 5.58 Å². The molecule has 0 aliphatic heterocycles. The maximum Gasteiger partial charge on any atom is 0.284 e. The summed E-state index contributed by atoms with van der Waals surface area (Å²) in [5, 5.41) is 5.92. The number of furan rings is 1. The lowest BCUT2D eigenvalue weighted by molar-refractivity contribution is 0.0976. The van der Waals surface area contributed by atoms with Crippen LogP contribution in [0, 0.1) is 0 Å². The zero-order valence-electron chi connectivity index (χ0n) is 9.20. The van der Waals surface area contributed by atoms with E-state index in [1.165, 1.54) is 0 Å². The van der Waals surface area contributed by atoms with Crippen LogP contribution in [0.4, 0.5) is 0 Å². The van der Waals surface area contributed by atoms with Crippen LogP contribution < -0.4 is 0 Å². The van der Waals surface area contributed by atoms with E-state index in [9.17, 15) is 4.79 Å². The van der Waals surface area contributed by atoms with Crippen molar-refractivity contribution >= 4 is 27.6 Å². The molecule has 0 aliphatic carbocycles. The fourth-order valence-corrected chi connectivity index (χ4v) is 1.99. The van der Waals surface area contributed by atoms with Crippen molar-refractivity contribution in [1.82, 2.24) is 0 Å². The smallest absolute Gasteiger partial charge is 0.284 e. The van der Waals surface area contributed by atoms with Crippen LogP contribution in [0.3, 0.4) is 0 Å². The summed E-state index contributed by atoms with van der Waals surface area (Å²) in [7, 11) is 0. The van der Waals surface area contributed by atoms with E-state index in [1.54, 1.807) is 12.1 Å². The molecule has 1 aromatic heterocycles. The number of azide groups is 1. The van der Waals surface area contributed by atoms with Gasteiger partial charge in [0.05, 0.1) is 0 Å². The molecule has 86 valence electrons. The van der Waals surface area contributed by atoms with Crippen molar-refractivity contribution in [2.24, 2.45) is 5.11 Å². The Morgan fingerprint density at radius 2 is 2.00 bits per heavy atom. The maximum atomic E-state index is 11.4. The van der Waals surface area contributed by atoms with Crippen LogP contribution in [0.1, 0.15) is 10.6 Å². The zero-order chi connectivity index (χ0) is 12.5. The quantitative estimate of drug-likeness (QED) is 0.363. The third-order valence-electron chi connectivity index (χ3n) is 2.77. The Bertz CT molecular complexity index is 813. The third kappa shape index (κ3) is 1.50. The van der Waals surface area contributed by atoms with Gasteiger partial charge < -0.3 is 4.42 Å². The standard InChI is InChI=1S/C13H7N3O2/c14-16-15-13(17)12-7-10-9-4-2-1-3-8(9)5-6-11(10)18-12/h1-7H. The second kappa shape index (κ2) is 3.91. The van der Waals surface area contributed by atoms with Gasteiger partial charge in [0.25, 0.3) is 5.91 Å². The van der Waals surface area contributed by atoms with Crippen LogP contribution in [0.25, 0.3) is 32.2 Å². The fourth-order valence-electron chi connectivity index (χ4n) is 1.99. The van der Waals surface area contributed by atoms with Gasteiger partial charge in [0.1, 0.15) is 5.58 Å². The average molecular weight is 237 g/mol. The molecule has 0 radical (unpaired) electrons. The van der Waals surface area contributed by atoms with Gasteiger partial charge in [-0.3, -0.25) is 4.79 Å². The molecule has 0 unspecified atom stereocenters. The summed E-state index contributed by atoms with van der Waals surface area (Å²) in [6.07, 6.45) is 0. The Hall–Kier alpha value is -2.78. The lowest BCUT2D eigenvalue weighted by Crippen LogP contribution is -1.88. The number of hydrogen-bond acceptors (Lipinski definition) is 2. The summed E-state index contributed by atoms with van der Waals surface area (Å²) < 4.78 is 5.38. The highest BCUT2D eigenvalue weighted by molar-refractivity contribution is 6.08. The highest BCUT2D eigenvalue weighted by Crippen LogP contribution is 2.28. The van der Waals surface area contributed by atoms with Crippen LogP contribution >= 0.6 is 0 Å². The molecule has 0 saturated heterocycles. The SMILES string of the molecule is [N-]=[N+]=NC(=O)c1cc2c(ccc3ccccc32)o1. The van der Waals surface area contributed by atoms with Crippen molar-refractivity contribution in [3.63, 3.8) is 0 Å². The number of nitrogens with zero attached hydrogens (tertiary/aromatic N) is 3. The van der Waals surface area contributed by atoms with E-state index in [2.05, 4.69) is 10.0 Å². The average Bonchev–Trinajstić information content (AvgIpc) is 2.83. The first-order chi connectivity index (χ1) is 8.79. The maximum absolute atomic E-state index is 11.4. The molecule has 3 aromatic rings. The van der Waals surface area contributed by atoms with Gasteiger partial charge in [0.2, 0.25) is 0 Å². The van der Waals surface area contributed by atoms with Gasteiger partial charge in [-0.05, 0) is 33.6 Å². The number of benzene rings is 2. The predicted molar refractivity (Wildman–Crippen MR) is 67.2 cm³/mol. The van der Waals surface area contributed by atoms with Crippen molar-refractivity contribution in [3.8, 4) is 0 Å². The molecule has 1 amide bonds. The largest absolute Gasteiger partial charge is 0.453 e. The second-order valence-corrected chi connectivity index (χ2v) is 3.80. The normalized spacial score (nSPS) is 10.4. The van der Waals surface area contributed by atoms with E-state index in [4.69, 9.17) is 9.95 Å². The van der Waals surface area contributed by atoms with Crippen LogP contribution in [-0.2, 0) is 0 Å². The highest BCUT2D eigenvalue weighted by Gasteiger charge is 2.12. The molecule has 3 rings (SSSR count). The number of hydrogen-bond donors (Lipinski definition) is 0. The van der Waals surface area contributed by atoms with Crippen LogP contribution in [0.5, 0.6) is 0 Å². The van der Waals surface area contributed by atoms with E-state index in [0.717, 1.165) is 16.2 Å². The van der Waals surface area contributed by atoms with Crippen molar-refractivity contribution < 1.29 is 9.21 Å². The Morgan fingerprint density at radius 3 is 2.83 bits per heavy atom. The Labute approximate surface area is 101 Å². The summed E-state index contributed by atoms with van der Waals surface area (Å²) in [5.74, 6) is -0.656. The summed E-state index contributed by atoms with van der Waals surface area (Å²) in [6.45, 7) is 0. The second-order valence-electron chi connectivity index (χ2n) is 3.80. The van der Waals surface area contributed by atoms with Gasteiger partial charge in [0, 0.05) is 10.3 Å². The third-order valence-corrected chi connectivity index (χ3v) is 2.77. The Balaban J connectivity index is 2.32. The molecule has 18 heavy (non-hydrogen) atoms. The van der Waals surface area contributed by atoms with Crippen LogP contribution in [0.15, 0.2) is 52.0 Å². The van der Waals surface area contributed by atoms with Gasteiger partial charge >= 0.3 is 0 Å². The lowest BCUT2D eigenvalue weighted by Gasteiger charge is -1.96. The first kappa shape index (κ1) is 10.4. The van der Waals surface area contributed by atoms with E-state index in [1.807, 2.05) is 30.3 Å². The van der Waals surface area contributed by atoms with Crippen molar-refractivity contribution in [2.45, 2.75) is 0 Å². The molecule has 1 heterocycles. The van der Waals surface area contributed by atoms with E-state index >= 15 is 0 Å². The number of carbonyl (C=O) groups is 1. The highest BCUT2D eigenvalue weighted by atomic mass is 16.3. The first-order valence-corrected chi connectivity index (χ1v) is 5.30. The number of carbonyl (C=O) groups excluding carboxylic acids is 1. The summed E-state index contributed by atoms with van der Waals surface area (Å²) in [4.78, 5) is 13.9.